The van der Waals surface area contributed by atoms with E-state index in [1.54, 1.807) is 6.08 Å². The van der Waals surface area contributed by atoms with E-state index in [2.05, 4.69) is 0 Å². The number of carbonyl (C=O) groups excluding carboxylic acids is 1. The van der Waals surface area contributed by atoms with E-state index in [4.69, 9.17) is 14.9 Å². The number of rotatable bonds is 2. The minimum Gasteiger partial charge on any atom is -0.465 e. The van der Waals surface area contributed by atoms with Gasteiger partial charge in [0.15, 0.2) is 0 Å². The van der Waals surface area contributed by atoms with Crippen molar-refractivity contribution in [3.05, 3.63) is 11.6 Å². The van der Waals surface area contributed by atoms with Crippen molar-refractivity contribution in [1.82, 2.24) is 0 Å². The van der Waals surface area contributed by atoms with Crippen LogP contribution in [0.25, 0.3) is 0 Å². The molecule has 5 heteroatoms. The molecule has 0 aromatic rings. The minimum atomic E-state index is -0.776. The Hall–Kier alpha value is -0.910. The quantitative estimate of drug-likeness (QED) is 0.392. The summed E-state index contributed by atoms with van der Waals surface area (Å²) >= 11 is 0. The minimum absolute atomic E-state index is 0.145. The highest BCUT2D eigenvalue weighted by Gasteiger charge is 2.47. The molecular weight excluding hydrogens is 200 g/mol. The van der Waals surface area contributed by atoms with Crippen molar-refractivity contribution < 1.29 is 24.9 Å². The van der Waals surface area contributed by atoms with Gasteiger partial charge in [0.25, 0.3) is 0 Å². The average molecular weight is 214 g/mol. The van der Waals surface area contributed by atoms with Gasteiger partial charge in [0, 0.05) is 11.8 Å². The molecule has 1 saturated heterocycles. The van der Waals surface area contributed by atoms with Crippen LogP contribution in [-0.2, 0) is 9.53 Å². The molecule has 0 radical (unpaired) electrons. The molecule has 0 aromatic heterocycles. The van der Waals surface area contributed by atoms with Gasteiger partial charge in [-0.1, -0.05) is 6.08 Å². The Labute approximate surface area is 87.0 Å². The van der Waals surface area contributed by atoms with E-state index in [1.165, 1.54) is 0 Å². The number of fused-ring (bicyclic) bond motifs is 1. The summed E-state index contributed by atoms with van der Waals surface area (Å²) in [5, 5.41) is 27.9. The zero-order chi connectivity index (χ0) is 11.0. The summed E-state index contributed by atoms with van der Waals surface area (Å²) in [6.07, 6.45) is 0.780. The summed E-state index contributed by atoms with van der Waals surface area (Å²) in [5.74, 6) is -1.65. The van der Waals surface area contributed by atoms with Gasteiger partial charge in [0.1, 0.15) is 0 Å². The lowest BCUT2D eigenvalue weighted by atomic mass is 9.79. The molecule has 4 atom stereocenters. The van der Waals surface area contributed by atoms with Crippen LogP contribution in [0.15, 0.2) is 11.6 Å². The van der Waals surface area contributed by atoms with E-state index in [-0.39, 0.29) is 31.7 Å². The smallest absolute Gasteiger partial charge is 0.311 e. The molecule has 15 heavy (non-hydrogen) atoms. The normalized spacial score (nSPS) is 39.7. The summed E-state index contributed by atoms with van der Waals surface area (Å²) < 4.78 is 4.91. The summed E-state index contributed by atoms with van der Waals surface area (Å²) in [7, 11) is 0. The van der Waals surface area contributed by atoms with Gasteiger partial charge in [-0.25, -0.2) is 0 Å². The summed E-state index contributed by atoms with van der Waals surface area (Å²) in [6, 6.07) is 0. The number of hydrogen-bond acceptors (Lipinski definition) is 5. The van der Waals surface area contributed by atoms with E-state index in [0.717, 1.165) is 0 Å². The first-order valence-electron chi connectivity index (χ1n) is 4.96. The fourth-order valence-electron chi connectivity index (χ4n) is 2.48. The summed E-state index contributed by atoms with van der Waals surface area (Å²) in [4.78, 5) is 11.3. The van der Waals surface area contributed by atoms with Crippen molar-refractivity contribution in [3.8, 4) is 0 Å². The van der Waals surface area contributed by atoms with Crippen molar-refractivity contribution >= 4 is 5.97 Å². The van der Waals surface area contributed by atoms with E-state index < -0.39 is 18.0 Å². The largest absolute Gasteiger partial charge is 0.465 e. The van der Waals surface area contributed by atoms with Crippen LogP contribution in [-0.4, -0.2) is 47.2 Å². The Morgan fingerprint density at radius 2 is 2.20 bits per heavy atom. The number of aliphatic hydroxyl groups is 3. The van der Waals surface area contributed by atoms with Crippen molar-refractivity contribution in [2.75, 3.05) is 19.8 Å². The first-order valence-corrected chi connectivity index (χ1v) is 4.96. The van der Waals surface area contributed by atoms with Crippen LogP contribution >= 0.6 is 0 Å². The molecule has 0 spiro atoms. The monoisotopic (exact) mass is 214 g/mol. The van der Waals surface area contributed by atoms with Gasteiger partial charge >= 0.3 is 5.97 Å². The standard InChI is InChI=1S/C10H14O5/c11-2-5-1-8(13)9-6(3-12)10(14)15-4-7(5)9/h1,6-9,11-13H,2-4H2/t6-,7+,8-,9+/m0/s1. The third kappa shape index (κ3) is 1.56. The first-order chi connectivity index (χ1) is 7.19. The second-order valence-corrected chi connectivity index (χ2v) is 3.99. The van der Waals surface area contributed by atoms with Crippen molar-refractivity contribution in [2.24, 2.45) is 17.8 Å². The van der Waals surface area contributed by atoms with Crippen LogP contribution in [0.3, 0.4) is 0 Å². The van der Waals surface area contributed by atoms with Crippen LogP contribution in [0.4, 0.5) is 0 Å². The van der Waals surface area contributed by atoms with Gasteiger partial charge in [0.2, 0.25) is 0 Å². The van der Waals surface area contributed by atoms with Gasteiger partial charge in [0.05, 0.1) is 31.8 Å². The highest BCUT2D eigenvalue weighted by Crippen LogP contribution is 2.40. The third-order valence-electron chi connectivity index (χ3n) is 3.27. The number of aliphatic hydroxyl groups excluding tert-OH is 3. The SMILES string of the molecule is O=C1OC[C@@H]2C(CO)=C[C@H](O)[C@@H]2[C@@H]1CO. The van der Waals surface area contributed by atoms with Crippen LogP contribution in [0.1, 0.15) is 0 Å². The molecule has 1 heterocycles. The number of esters is 1. The second-order valence-electron chi connectivity index (χ2n) is 3.99. The number of ether oxygens (including phenoxy) is 1. The molecule has 1 fully saturated rings. The molecule has 2 aliphatic rings. The molecule has 0 saturated carbocycles. The Morgan fingerprint density at radius 1 is 1.47 bits per heavy atom. The molecule has 1 aliphatic carbocycles. The molecular formula is C10H14O5. The summed E-state index contributed by atoms with van der Waals surface area (Å²) in [5.41, 5.74) is 0.693. The van der Waals surface area contributed by atoms with Crippen LogP contribution in [0, 0.1) is 17.8 Å². The first kappa shape index (κ1) is 10.6. The molecule has 0 amide bonds. The lowest BCUT2D eigenvalue weighted by molar-refractivity contribution is -0.164. The Bertz CT molecular complexity index is 298. The van der Waals surface area contributed by atoms with Crippen LogP contribution in [0.2, 0.25) is 0 Å². The predicted octanol–water partition coefficient (Wildman–Crippen LogP) is -1.32. The van der Waals surface area contributed by atoms with Gasteiger partial charge in [-0.2, -0.15) is 0 Å². The summed E-state index contributed by atoms with van der Waals surface area (Å²) in [6.45, 7) is -0.291. The van der Waals surface area contributed by atoms with Crippen molar-refractivity contribution in [2.45, 2.75) is 6.10 Å². The Balaban J connectivity index is 2.23. The van der Waals surface area contributed by atoms with E-state index in [0.29, 0.717) is 5.57 Å². The van der Waals surface area contributed by atoms with Gasteiger partial charge in [-0.05, 0) is 5.57 Å². The molecule has 84 valence electrons. The Morgan fingerprint density at radius 3 is 2.80 bits per heavy atom. The average Bonchev–Trinajstić information content (AvgIpc) is 2.56. The molecule has 0 bridgehead atoms. The van der Waals surface area contributed by atoms with Crippen molar-refractivity contribution in [1.29, 1.82) is 0 Å². The van der Waals surface area contributed by atoms with E-state index >= 15 is 0 Å². The zero-order valence-corrected chi connectivity index (χ0v) is 8.17. The second kappa shape index (κ2) is 3.92. The topological polar surface area (TPSA) is 87.0 Å². The predicted molar refractivity (Wildman–Crippen MR) is 49.7 cm³/mol. The zero-order valence-electron chi connectivity index (χ0n) is 8.17. The van der Waals surface area contributed by atoms with E-state index in [1.807, 2.05) is 0 Å². The van der Waals surface area contributed by atoms with Gasteiger partial charge < -0.3 is 20.1 Å². The molecule has 3 N–H and O–H groups in total. The fraction of sp³-hybridized carbons (Fsp3) is 0.700. The molecule has 2 rings (SSSR count). The lowest BCUT2D eigenvalue weighted by Gasteiger charge is -2.34. The third-order valence-corrected chi connectivity index (χ3v) is 3.27. The maximum Gasteiger partial charge on any atom is 0.311 e. The maximum absolute atomic E-state index is 11.3. The van der Waals surface area contributed by atoms with Crippen molar-refractivity contribution in [3.63, 3.8) is 0 Å². The number of cyclic esters (lactones) is 1. The molecule has 5 nitrogen and oxygen atoms in total. The van der Waals surface area contributed by atoms with Crippen LogP contribution in [0.5, 0.6) is 0 Å². The van der Waals surface area contributed by atoms with Gasteiger partial charge in [-0.3, -0.25) is 4.79 Å². The van der Waals surface area contributed by atoms with Gasteiger partial charge in [-0.15, -0.1) is 0 Å². The maximum atomic E-state index is 11.3. The highest BCUT2D eigenvalue weighted by molar-refractivity contribution is 5.74. The fourth-order valence-corrected chi connectivity index (χ4v) is 2.48. The molecule has 0 aromatic carbocycles. The highest BCUT2D eigenvalue weighted by atomic mass is 16.5. The van der Waals surface area contributed by atoms with E-state index in [9.17, 15) is 9.90 Å². The van der Waals surface area contributed by atoms with Crippen LogP contribution < -0.4 is 0 Å². The molecule has 0 unspecified atom stereocenters. The number of hydrogen-bond donors (Lipinski definition) is 3. The Kier molecular flexibility index (Phi) is 2.77. The lowest BCUT2D eigenvalue weighted by Crippen LogP contribution is -2.44. The number of carbonyl (C=O) groups is 1. The molecule has 1 aliphatic heterocycles.